The van der Waals surface area contributed by atoms with Crippen LogP contribution in [0.3, 0.4) is 0 Å². The molecular formula is C24H32O5Si. The summed E-state index contributed by atoms with van der Waals surface area (Å²) in [6, 6.07) is 20.9. The molecule has 30 heavy (non-hydrogen) atoms. The first-order valence-corrected chi connectivity index (χ1v) is 12.5. The average molecular weight is 429 g/mol. The molecule has 2 heterocycles. The second kappa shape index (κ2) is 7.86. The van der Waals surface area contributed by atoms with Gasteiger partial charge in [0.25, 0.3) is 8.32 Å². The normalized spacial score (nSPS) is 28.5. The zero-order valence-electron chi connectivity index (χ0n) is 18.4. The molecule has 0 amide bonds. The Hall–Kier alpha value is -1.54. The molecule has 2 aromatic rings. The van der Waals surface area contributed by atoms with E-state index in [0.29, 0.717) is 0 Å². The lowest BCUT2D eigenvalue weighted by Gasteiger charge is -2.43. The van der Waals surface area contributed by atoms with Crippen molar-refractivity contribution in [1.82, 2.24) is 0 Å². The van der Waals surface area contributed by atoms with Crippen molar-refractivity contribution in [2.24, 2.45) is 0 Å². The van der Waals surface area contributed by atoms with E-state index < -0.39 is 38.7 Å². The van der Waals surface area contributed by atoms with E-state index in [4.69, 9.17) is 18.6 Å². The van der Waals surface area contributed by atoms with E-state index in [1.807, 2.05) is 26.0 Å². The number of fused-ring (bicyclic) bond motifs is 1. The number of aliphatic hydroxyl groups excluding tert-OH is 1. The van der Waals surface area contributed by atoms with Crippen LogP contribution < -0.4 is 10.4 Å². The van der Waals surface area contributed by atoms with Crippen LogP contribution in [0.25, 0.3) is 0 Å². The van der Waals surface area contributed by atoms with E-state index in [1.54, 1.807) is 0 Å². The van der Waals surface area contributed by atoms with Crippen LogP contribution in [-0.2, 0) is 18.6 Å². The summed E-state index contributed by atoms with van der Waals surface area (Å²) >= 11 is 0. The number of hydrogen-bond acceptors (Lipinski definition) is 5. The Kier molecular flexibility index (Phi) is 5.68. The summed E-state index contributed by atoms with van der Waals surface area (Å²) in [6.45, 7) is 10.6. The van der Waals surface area contributed by atoms with Crippen molar-refractivity contribution in [3.8, 4) is 0 Å². The molecule has 4 atom stereocenters. The highest BCUT2D eigenvalue weighted by Gasteiger charge is 2.56. The summed E-state index contributed by atoms with van der Waals surface area (Å²) < 4.78 is 24.5. The summed E-state index contributed by atoms with van der Waals surface area (Å²) in [6.07, 6.45) is -2.36. The van der Waals surface area contributed by atoms with Crippen LogP contribution in [0.15, 0.2) is 60.7 Å². The summed E-state index contributed by atoms with van der Waals surface area (Å²) in [4.78, 5) is 0. The van der Waals surface area contributed by atoms with Gasteiger partial charge in [0, 0.05) is 0 Å². The molecule has 2 aromatic carbocycles. The first-order valence-electron chi connectivity index (χ1n) is 10.6. The molecule has 0 radical (unpaired) electrons. The minimum Gasteiger partial charge on any atom is -0.405 e. The highest BCUT2D eigenvalue weighted by atomic mass is 28.4. The van der Waals surface area contributed by atoms with Crippen molar-refractivity contribution in [3.05, 3.63) is 60.7 Å². The molecule has 4 rings (SSSR count). The van der Waals surface area contributed by atoms with E-state index in [9.17, 15) is 5.11 Å². The van der Waals surface area contributed by atoms with Crippen LogP contribution >= 0.6 is 0 Å². The second-order valence-electron chi connectivity index (χ2n) is 9.61. The topological polar surface area (TPSA) is 57.2 Å². The fourth-order valence-electron chi connectivity index (χ4n) is 4.66. The van der Waals surface area contributed by atoms with Gasteiger partial charge in [-0.05, 0) is 29.3 Å². The van der Waals surface area contributed by atoms with Crippen LogP contribution in [0.5, 0.6) is 0 Å². The molecule has 2 saturated heterocycles. The quantitative estimate of drug-likeness (QED) is 0.742. The Morgan fingerprint density at radius 1 is 0.933 bits per heavy atom. The first-order chi connectivity index (χ1) is 14.1. The van der Waals surface area contributed by atoms with Gasteiger partial charge in [-0.1, -0.05) is 81.4 Å². The highest BCUT2D eigenvalue weighted by molar-refractivity contribution is 6.99. The molecule has 6 heteroatoms. The van der Waals surface area contributed by atoms with Crippen LogP contribution in [0.4, 0.5) is 0 Å². The SMILES string of the molecule is CC1(C)O[C@H]2O[C@@H](CO[Si](c3ccccc3)(c3ccccc3)C(C)(C)C)[C@@H](O)[C@H]2O1. The van der Waals surface area contributed by atoms with Gasteiger partial charge in [0.1, 0.15) is 18.3 Å². The summed E-state index contributed by atoms with van der Waals surface area (Å²) in [5, 5.41) is 13.1. The van der Waals surface area contributed by atoms with Crippen LogP contribution in [0, 0.1) is 0 Å². The third-order valence-corrected chi connectivity index (χ3v) is 11.0. The van der Waals surface area contributed by atoms with E-state index in [1.165, 1.54) is 10.4 Å². The number of aliphatic hydroxyl groups is 1. The average Bonchev–Trinajstić information content (AvgIpc) is 3.15. The molecule has 0 bridgehead atoms. The third-order valence-electron chi connectivity index (χ3n) is 6.00. The van der Waals surface area contributed by atoms with Crippen molar-refractivity contribution < 1.29 is 23.7 Å². The molecule has 0 unspecified atom stereocenters. The lowest BCUT2D eigenvalue weighted by molar-refractivity contribution is -0.217. The van der Waals surface area contributed by atoms with Crippen molar-refractivity contribution in [1.29, 1.82) is 0 Å². The Morgan fingerprint density at radius 3 is 1.93 bits per heavy atom. The predicted molar refractivity (Wildman–Crippen MR) is 118 cm³/mol. The van der Waals surface area contributed by atoms with E-state index in [-0.39, 0.29) is 11.6 Å². The number of ether oxygens (including phenoxy) is 3. The second-order valence-corrected chi connectivity index (χ2v) is 13.9. The lowest BCUT2D eigenvalue weighted by Crippen LogP contribution is -2.67. The Labute approximate surface area is 180 Å². The zero-order valence-corrected chi connectivity index (χ0v) is 19.4. The molecule has 2 aliphatic rings. The Morgan fingerprint density at radius 2 is 1.47 bits per heavy atom. The fourth-order valence-corrected chi connectivity index (χ4v) is 9.23. The molecule has 5 nitrogen and oxygen atoms in total. The standard InChI is InChI=1S/C24H32O5Si/c1-23(2,3)30(17-12-8-6-9-13-17,18-14-10-7-11-15-18)26-16-19-20(25)21-22(27-19)29-24(4,5)28-21/h6-15,19-22,25H,16H2,1-5H3/t19-,20+,21+,22+/m0/s1. The fraction of sp³-hybridized carbons (Fsp3) is 0.500. The molecule has 1 N–H and O–H groups in total. The molecular weight excluding hydrogens is 396 g/mol. The monoisotopic (exact) mass is 428 g/mol. The molecule has 2 aliphatic heterocycles. The van der Waals surface area contributed by atoms with Crippen LogP contribution in [0.1, 0.15) is 34.6 Å². The van der Waals surface area contributed by atoms with Gasteiger partial charge in [0.2, 0.25) is 0 Å². The maximum Gasteiger partial charge on any atom is 0.261 e. The van der Waals surface area contributed by atoms with Gasteiger partial charge >= 0.3 is 0 Å². The van der Waals surface area contributed by atoms with Crippen molar-refractivity contribution in [2.45, 2.75) is 70.0 Å². The number of benzene rings is 2. The van der Waals surface area contributed by atoms with Gasteiger partial charge in [-0.25, -0.2) is 0 Å². The maximum absolute atomic E-state index is 10.8. The molecule has 0 aliphatic carbocycles. The summed E-state index contributed by atoms with van der Waals surface area (Å²) in [5.41, 5.74) is 0. The lowest BCUT2D eigenvalue weighted by atomic mass is 10.1. The predicted octanol–water partition coefficient (Wildman–Crippen LogP) is 2.80. The molecule has 0 spiro atoms. The van der Waals surface area contributed by atoms with Gasteiger partial charge in [0.05, 0.1) is 6.61 Å². The van der Waals surface area contributed by atoms with Gasteiger partial charge in [-0.15, -0.1) is 0 Å². The number of rotatable bonds is 5. The van der Waals surface area contributed by atoms with E-state index >= 15 is 0 Å². The zero-order chi connectivity index (χ0) is 21.6. The van der Waals surface area contributed by atoms with Crippen molar-refractivity contribution in [3.63, 3.8) is 0 Å². The van der Waals surface area contributed by atoms with E-state index in [0.717, 1.165) is 0 Å². The van der Waals surface area contributed by atoms with Crippen LogP contribution in [0.2, 0.25) is 5.04 Å². The largest absolute Gasteiger partial charge is 0.405 e. The maximum atomic E-state index is 10.8. The van der Waals surface area contributed by atoms with Gasteiger partial charge in [-0.3, -0.25) is 0 Å². The molecule has 2 fully saturated rings. The van der Waals surface area contributed by atoms with Gasteiger partial charge in [-0.2, -0.15) is 0 Å². The summed E-state index contributed by atoms with van der Waals surface area (Å²) in [7, 11) is -2.68. The van der Waals surface area contributed by atoms with Crippen molar-refractivity contribution in [2.75, 3.05) is 6.61 Å². The Bertz CT molecular complexity index is 809. The van der Waals surface area contributed by atoms with Crippen LogP contribution in [-0.4, -0.2) is 50.4 Å². The minimum atomic E-state index is -2.68. The van der Waals surface area contributed by atoms with Crippen molar-refractivity contribution >= 4 is 18.7 Å². The molecule has 162 valence electrons. The summed E-state index contributed by atoms with van der Waals surface area (Å²) in [5.74, 6) is -0.750. The van der Waals surface area contributed by atoms with Gasteiger partial charge in [0.15, 0.2) is 12.1 Å². The smallest absolute Gasteiger partial charge is 0.261 e. The molecule has 0 aromatic heterocycles. The minimum absolute atomic E-state index is 0.135. The van der Waals surface area contributed by atoms with E-state index in [2.05, 4.69) is 69.3 Å². The third kappa shape index (κ3) is 3.77. The molecule has 0 saturated carbocycles. The number of hydrogen-bond donors (Lipinski definition) is 1. The van der Waals surface area contributed by atoms with Gasteiger partial charge < -0.3 is 23.7 Å². The highest BCUT2D eigenvalue weighted by Crippen LogP contribution is 2.40. The Balaban J connectivity index is 1.65. The first kappa shape index (κ1) is 21.7.